The van der Waals surface area contributed by atoms with E-state index in [1.807, 2.05) is 0 Å². The van der Waals surface area contributed by atoms with Crippen molar-refractivity contribution in [1.29, 1.82) is 0 Å². The summed E-state index contributed by atoms with van der Waals surface area (Å²) in [6.45, 7) is 12.5. The molecular formula is C11H21NO2. The number of hydrogen-bond donors (Lipinski definition) is 0. The van der Waals surface area contributed by atoms with Gasteiger partial charge in [0.15, 0.2) is 0 Å². The molecule has 0 aromatic heterocycles. The van der Waals surface area contributed by atoms with E-state index in [2.05, 4.69) is 25.7 Å². The summed E-state index contributed by atoms with van der Waals surface area (Å²) in [5.74, 6) is 0. The lowest BCUT2D eigenvalue weighted by molar-refractivity contribution is -0.149. The van der Waals surface area contributed by atoms with E-state index in [1.165, 1.54) is 0 Å². The first-order chi connectivity index (χ1) is 6.52. The van der Waals surface area contributed by atoms with Crippen molar-refractivity contribution in [2.24, 2.45) is 5.41 Å². The van der Waals surface area contributed by atoms with Gasteiger partial charge in [-0.15, -0.1) is 0 Å². The first-order valence-corrected chi connectivity index (χ1v) is 5.42. The molecule has 0 radical (unpaired) electrons. The van der Waals surface area contributed by atoms with Crippen molar-refractivity contribution in [3.05, 3.63) is 0 Å². The quantitative estimate of drug-likeness (QED) is 0.584. The van der Waals surface area contributed by atoms with Crippen LogP contribution in [0.3, 0.4) is 0 Å². The van der Waals surface area contributed by atoms with E-state index < -0.39 is 0 Å². The minimum absolute atomic E-state index is 0.246. The van der Waals surface area contributed by atoms with E-state index >= 15 is 0 Å². The van der Waals surface area contributed by atoms with Crippen molar-refractivity contribution >= 4 is 0 Å². The van der Waals surface area contributed by atoms with Gasteiger partial charge in [-0.3, -0.25) is 4.90 Å². The number of rotatable bonds is 0. The lowest BCUT2D eigenvalue weighted by Gasteiger charge is -2.45. The molecule has 2 aliphatic rings. The summed E-state index contributed by atoms with van der Waals surface area (Å²) in [5, 5.41) is 0. The number of ether oxygens (including phenoxy) is 2. The molecule has 3 heteroatoms. The molecule has 2 saturated heterocycles. The molecule has 0 aliphatic carbocycles. The number of hydrogen-bond acceptors (Lipinski definition) is 3. The molecule has 0 atom stereocenters. The van der Waals surface area contributed by atoms with E-state index in [9.17, 15) is 0 Å². The Balaban J connectivity index is 2.04. The molecule has 0 bridgehead atoms. The molecule has 0 unspecified atom stereocenters. The van der Waals surface area contributed by atoms with Crippen LogP contribution in [0.2, 0.25) is 0 Å². The second kappa shape index (κ2) is 3.47. The second-order valence-electron chi connectivity index (χ2n) is 5.64. The van der Waals surface area contributed by atoms with Gasteiger partial charge in [-0.25, -0.2) is 0 Å². The maximum absolute atomic E-state index is 5.66. The molecule has 1 spiro atoms. The van der Waals surface area contributed by atoms with Crippen molar-refractivity contribution in [3.63, 3.8) is 0 Å². The van der Waals surface area contributed by atoms with Gasteiger partial charge < -0.3 is 9.47 Å². The smallest absolute Gasteiger partial charge is 0.0593 e. The maximum atomic E-state index is 5.66. The van der Waals surface area contributed by atoms with Gasteiger partial charge in [0.2, 0.25) is 0 Å². The van der Waals surface area contributed by atoms with Crippen LogP contribution in [0.1, 0.15) is 20.8 Å². The third-order valence-corrected chi connectivity index (χ3v) is 3.21. The van der Waals surface area contributed by atoms with Gasteiger partial charge in [-0.2, -0.15) is 0 Å². The van der Waals surface area contributed by atoms with Gasteiger partial charge in [-0.05, 0) is 20.8 Å². The van der Waals surface area contributed by atoms with E-state index in [0.29, 0.717) is 5.41 Å². The van der Waals surface area contributed by atoms with Gasteiger partial charge >= 0.3 is 0 Å². The second-order valence-corrected chi connectivity index (χ2v) is 5.64. The summed E-state index contributed by atoms with van der Waals surface area (Å²) < 4.78 is 11.0. The largest absolute Gasteiger partial charge is 0.380 e. The van der Waals surface area contributed by atoms with Crippen LogP contribution in [-0.2, 0) is 9.47 Å². The van der Waals surface area contributed by atoms with Gasteiger partial charge in [-0.1, -0.05) is 0 Å². The number of nitrogens with zero attached hydrogens (tertiary/aromatic N) is 1. The van der Waals surface area contributed by atoms with Crippen LogP contribution in [0.15, 0.2) is 0 Å². The predicted octanol–water partition coefficient (Wildman–Crippen LogP) is 1.13. The zero-order valence-corrected chi connectivity index (χ0v) is 9.51. The molecular weight excluding hydrogens is 178 g/mol. The van der Waals surface area contributed by atoms with Gasteiger partial charge in [0.25, 0.3) is 0 Å². The van der Waals surface area contributed by atoms with E-state index in [-0.39, 0.29) is 5.54 Å². The highest BCUT2D eigenvalue weighted by molar-refractivity contribution is 4.93. The Morgan fingerprint density at radius 1 is 1.07 bits per heavy atom. The molecule has 0 N–H and O–H groups in total. The zero-order chi connectivity index (χ0) is 10.2. The van der Waals surface area contributed by atoms with Crippen molar-refractivity contribution in [2.45, 2.75) is 26.3 Å². The summed E-state index contributed by atoms with van der Waals surface area (Å²) in [6, 6.07) is 0. The SMILES string of the molecule is CC(C)(C)N1CCOCC2(COC2)C1. The lowest BCUT2D eigenvalue weighted by atomic mass is 9.85. The third kappa shape index (κ3) is 1.95. The van der Waals surface area contributed by atoms with Crippen LogP contribution in [0.4, 0.5) is 0 Å². The molecule has 2 rings (SSSR count). The van der Waals surface area contributed by atoms with Crippen molar-refractivity contribution < 1.29 is 9.47 Å². The Labute approximate surface area is 86.4 Å². The Hall–Kier alpha value is -0.120. The highest BCUT2D eigenvalue weighted by atomic mass is 16.5. The fourth-order valence-corrected chi connectivity index (χ4v) is 2.13. The average Bonchev–Trinajstić information content (AvgIpc) is 2.22. The van der Waals surface area contributed by atoms with Crippen LogP contribution >= 0.6 is 0 Å². The normalized spacial score (nSPS) is 28.5. The zero-order valence-electron chi connectivity index (χ0n) is 9.51. The lowest BCUT2D eigenvalue weighted by Crippen LogP contribution is -2.55. The fraction of sp³-hybridized carbons (Fsp3) is 1.00. The molecule has 14 heavy (non-hydrogen) atoms. The fourth-order valence-electron chi connectivity index (χ4n) is 2.13. The molecule has 3 nitrogen and oxygen atoms in total. The minimum atomic E-state index is 0.246. The van der Waals surface area contributed by atoms with Crippen molar-refractivity contribution in [1.82, 2.24) is 4.90 Å². The van der Waals surface area contributed by atoms with Crippen LogP contribution in [0, 0.1) is 5.41 Å². The summed E-state index contributed by atoms with van der Waals surface area (Å²) in [6.07, 6.45) is 0. The summed E-state index contributed by atoms with van der Waals surface area (Å²) in [7, 11) is 0. The van der Waals surface area contributed by atoms with Crippen molar-refractivity contribution in [3.8, 4) is 0 Å². The molecule has 0 amide bonds. The van der Waals surface area contributed by atoms with E-state index in [0.717, 1.165) is 39.5 Å². The third-order valence-electron chi connectivity index (χ3n) is 3.21. The topological polar surface area (TPSA) is 21.7 Å². The van der Waals surface area contributed by atoms with Gasteiger partial charge in [0.1, 0.15) is 0 Å². The summed E-state index contributed by atoms with van der Waals surface area (Å²) in [4.78, 5) is 2.52. The Morgan fingerprint density at radius 3 is 2.21 bits per heavy atom. The average molecular weight is 199 g/mol. The first-order valence-electron chi connectivity index (χ1n) is 5.42. The molecule has 0 aromatic carbocycles. The monoisotopic (exact) mass is 199 g/mol. The molecule has 2 fully saturated rings. The minimum Gasteiger partial charge on any atom is -0.380 e. The first kappa shape index (κ1) is 10.4. The molecule has 2 aliphatic heterocycles. The predicted molar refractivity (Wildman–Crippen MR) is 55.4 cm³/mol. The Bertz CT molecular complexity index is 206. The summed E-state index contributed by atoms with van der Waals surface area (Å²) in [5.41, 5.74) is 0.542. The van der Waals surface area contributed by atoms with Crippen molar-refractivity contribution in [2.75, 3.05) is 39.5 Å². The maximum Gasteiger partial charge on any atom is 0.0593 e. The highest BCUT2D eigenvalue weighted by Gasteiger charge is 2.43. The Morgan fingerprint density at radius 2 is 1.71 bits per heavy atom. The molecule has 2 heterocycles. The van der Waals surface area contributed by atoms with Gasteiger partial charge in [0.05, 0.1) is 31.8 Å². The van der Waals surface area contributed by atoms with Crippen LogP contribution in [-0.4, -0.2) is 50.0 Å². The van der Waals surface area contributed by atoms with Gasteiger partial charge in [0, 0.05) is 18.6 Å². The van der Waals surface area contributed by atoms with Crippen LogP contribution < -0.4 is 0 Å². The summed E-state index contributed by atoms with van der Waals surface area (Å²) >= 11 is 0. The molecule has 0 aromatic rings. The molecule has 0 saturated carbocycles. The Kier molecular flexibility index (Phi) is 2.58. The van der Waals surface area contributed by atoms with E-state index in [1.54, 1.807) is 0 Å². The standard InChI is InChI=1S/C11H21NO2/c1-10(2,3)12-4-5-13-7-11(6-12)8-14-9-11/h4-9H2,1-3H3. The molecule has 82 valence electrons. The van der Waals surface area contributed by atoms with Crippen LogP contribution in [0.5, 0.6) is 0 Å². The van der Waals surface area contributed by atoms with Crippen LogP contribution in [0.25, 0.3) is 0 Å². The highest BCUT2D eigenvalue weighted by Crippen LogP contribution is 2.32. The van der Waals surface area contributed by atoms with E-state index in [4.69, 9.17) is 9.47 Å².